The Bertz CT molecular complexity index is 767. The van der Waals surface area contributed by atoms with Crippen molar-refractivity contribution in [3.8, 4) is 17.1 Å². The lowest BCUT2D eigenvalue weighted by atomic mass is 10.0. The van der Waals surface area contributed by atoms with Gasteiger partial charge in [0.15, 0.2) is 5.82 Å². The van der Waals surface area contributed by atoms with Crippen molar-refractivity contribution in [2.24, 2.45) is 0 Å². The summed E-state index contributed by atoms with van der Waals surface area (Å²) in [4.78, 5) is 9.48. The molecule has 0 amide bonds. The second-order valence-corrected chi connectivity index (χ2v) is 5.34. The summed E-state index contributed by atoms with van der Waals surface area (Å²) < 4.78 is 5.31. The highest BCUT2D eigenvalue weighted by atomic mass is 16.5. The lowest BCUT2D eigenvalue weighted by Gasteiger charge is -2.12. The minimum atomic E-state index is 0.339. The van der Waals surface area contributed by atoms with E-state index in [1.165, 1.54) is 0 Å². The maximum Gasteiger partial charge on any atom is 0.160 e. The van der Waals surface area contributed by atoms with Crippen molar-refractivity contribution in [1.29, 1.82) is 0 Å². The van der Waals surface area contributed by atoms with Crippen LogP contribution in [0.25, 0.3) is 22.3 Å². The molecule has 3 heteroatoms. The SMILES string of the molecule is COc1ccc2c(C(C)C)nc(-c3ccccc3)nc2c1. The van der Waals surface area contributed by atoms with Gasteiger partial charge in [-0.15, -0.1) is 0 Å². The Hall–Kier alpha value is -2.42. The number of methoxy groups -OCH3 is 1. The van der Waals surface area contributed by atoms with Crippen molar-refractivity contribution in [1.82, 2.24) is 9.97 Å². The number of fused-ring (bicyclic) bond motifs is 1. The highest BCUT2D eigenvalue weighted by Crippen LogP contribution is 2.28. The number of rotatable bonds is 3. The van der Waals surface area contributed by atoms with Crippen molar-refractivity contribution < 1.29 is 4.74 Å². The fourth-order valence-electron chi connectivity index (χ4n) is 2.42. The van der Waals surface area contributed by atoms with Crippen molar-refractivity contribution in [3.05, 3.63) is 54.2 Å². The van der Waals surface area contributed by atoms with E-state index in [2.05, 4.69) is 13.8 Å². The topological polar surface area (TPSA) is 35.0 Å². The van der Waals surface area contributed by atoms with E-state index < -0.39 is 0 Å². The highest BCUT2D eigenvalue weighted by Gasteiger charge is 2.12. The zero-order chi connectivity index (χ0) is 14.8. The summed E-state index contributed by atoms with van der Waals surface area (Å²) in [5.74, 6) is 1.92. The molecule has 0 bridgehead atoms. The molecule has 3 rings (SSSR count). The summed E-state index contributed by atoms with van der Waals surface area (Å²) in [6, 6.07) is 16.0. The summed E-state index contributed by atoms with van der Waals surface area (Å²) in [7, 11) is 1.67. The molecule has 0 aliphatic rings. The maximum atomic E-state index is 5.31. The predicted molar refractivity (Wildman–Crippen MR) is 85.6 cm³/mol. The van der Waals surface area contributed by atoms with E-state index in [0.717, 1.165) is 33.7 Å². The summed E-state index contributed by atoms with van der Waals surface area (Å²) in [6.07, 6.45) is 0. The minimum Gasteiger partial charge on any atom is -0.497 e. The lowest BCUT2D eigenvalue weighted by Crippen LogP contribution is -2.00. The van der Waals surface area contributed by atoms with Crippen molar-refractivity contribution in [3.63, 3.8) is 0 Å². The fraction of sp³-hybridized carbons (Fsp3) is 0.222. The minimum absolute atomic E-state index is 0.339. The van der Waals surface area contributed by atoms with Gasteiger partial charge in [-0.1, -0.05) is 44.2 Å². The number of hydrogen-bond acceptors (Lipinski definition) is 3. The first-order valence-corrected chi connectivity index (χ1v) is 7.10. The van der Waals surface area contributed by atoms with Crippen LogP contribution >= 0.6 is 0 Å². The molecule has 0 aliphatic carbocycles. The standard InChI is InChI=1S/C18H18N2O/c1-12(2)17-15-10-9-14(21-3)11-16(15)19-18(20-17)13-7-5-4-6-8-13/h4-12H,1-3H3. The van der Waals surface area contributed by atoms with Gasteiger partial charge >= 0.3 is 0 Å². The number of benzene rings is 2. The molecule has 0 unspecified atom stereocenters. The third kappa shape index (κ3) is 2.59. The molecular weight excluding hydrogens is 260 g/mol. The van der Waals surface area contributed by atoms with E-state index in [4.69, 9.17) is 14.7 Å². The molecule has 1 aromatic heterocycles. The van der Waals surface area contributed by atoms with Crippen LogP contribution in [0.2, 0.25) is 0 Å². The van der Waals surface area contributed by atoms with Crippen LogP contribution in [-0.4, -0.2) is 17.1 Å². The molecule has 0 radical (unpaired) electrons. The second-order valence-electron chi connectivity index (χ2n) is 5.34. The van der Waals surface area contributed by atoms with Gasteiger partial charge in [-0.25, -0.2) is 9.97 Å². The van der Waals surface area contributed by atoms with E-state index in [0.29, 0.717) is 5.92 Å². The Morgan fingerprint density at radius 1 is 0.952 bits per heavy atom. The molecule has 0 saturated heterocycles. The van der Waals surface area contributed by atoms with Crippen molar-refractivity contribution in [2.45, 2.75) is 19.8 Å². The zero-order valence-corrected chi connectivity index (χ0v) is 12.5. The van der Waals surface area contributed by atoms with E-state index in [1.807, 2.05) is 48.5 Å². The largest absolute Gasteiger partial charge is 0.497 e. The first kappa shape index (κ1) is 13.6. The highest BCUT2D eigenvalue weighted by molar-refractivity contribution is 5.84. The van der Waals surface area contributed by atoms with Gasteiger partial charge in [0.05, 0.1) is 18.3 Å². The molecule has 0 N–H and O–H groups in total. The van der Waals surface area contributed by atoms with Gasteiger partial charge in [0, 0.05) is 17.0 Å². The molecule has 106 valence electrons. The van der Waals surface area contributed by atoms with Crippen LogP contribution in [0, 0.1) is 0 Å². The molecular formula is C18H18N2O. The van der Waals surface area contributed by atoms with Crippen LogP contribution in [0.1, 0.15) is 25.5 Å². The van der Waals surface area contributed by atoms with Crippen molar-refractivity contribution in [2.75, 3.05) is 7.11 Å². The van der Waals surface area contributed by atoms with Crippen LogP contribution in [0.15, 0.2) is 48.5 Å². The van der Waals surface area contributed by atoms with Crippen LogP contribution in [0.5, 0.6) is 5.75 Å². The average molecular weight is 278 g/mol. The molecule has 0 saturated carbocycles. The number of aromatic nitrogens is 2. The molecule has 3 aromatic rings. The molecule has 1 heterocycles. The predicted octanol–water partition coefficient (Wildman–Crippen LogP) is 4.43. The Morgan fingerprint density at radius 3 is 2.38 bits per heavy atom. The van der Waals surface area contributed by atoms with E-state index in [-0.39, 0.29) is 0 Å². The molecule has 0 aliphatic heterocycles. The summed E-state index contributed by atoms with van der Waals surface area (Å²) >= 11 is 0. The fourth-order valence-corrected chi connectivity index (χ4v) is 2.42. The molecule has 2 aromatic carbocycles. The van der Waals surface area contributed by atoms with Gasteiger partial charge in [0.2, 0.25) is 0 Å². The Kier molecular flexibility index (Phi) is 3.57. The summed E-state index contributed by atoms with van der Waals surface area (Å²) in [5.41, 5.74) is 3.03. The second kappa shape index (κ2) is 5.52. The number of ether oxygens (including phenoxy) is 1. The summed E-state index contributed by atoms with van der Waals surface area (Å²) in [5, 5.41) is 1.09. The Labute approximate surface area is 124 Å². The van der Waals surface area contributed by atoms with Crippen LogP contribution in [-0.2, 0) is 0 Å². The monoisotopic (exact) mass is 278 g/mol. The normalized spacial score (nSPS) is 11.0. The molecule has 0 atom stereocenters. The molecule has 0 fully saturated rings. The average Bonchev–Trinajstić information content (AvgIpc) is 2.53. The van der Waals surface area contributed by atoms with Gasteiger partial charge in [-0.2, -0.15) is 0 Å². The van der Waals surface area contributed by atoms with Gasteiger partial charge in [0.25, 0.3) is 0 Å². The van der Waals surface area contributed by atoms with Crippen LogP contribution < -0.4 is 4.74 Å². The van der Waals surface area contributed by atoms with E-state index in [1.54, 1.807) is 7.11 Å². The Balaban J connectivity index is 2.27. The van der Waals surface area contributed by atoms with Gasteiger partial charge < -0.3 is 4.74 Å². The van der Waals surface area contributed by atoms with Crippen LogP contribution in [0.3, 0.4) is 0 Å². The zero-order valence-electron chi connectivity index (χ0n) is 12.5. The summed E-state index contributed by atoms with van der Waals surface area (Å²) in [6.45, 7) is 4.31. The number of nitrogens with zero attached hydrogens (tertiary/aromatic N) is 2. The first-order chi connectivity index (χ1) is 10.2. The van der Waals surface area contributed by atoms with Gasteiger partial charge in [0.1, 0.15) is 5.75 Å². The molecule has 3 nitrogen and oxygen atoms in total. The third-order valence-electron chi connectivity index (χ3n) is 3.51. The Morgan fingerprint density at radius 2 is 1.71 bits per heavy atom. The number of hydrogen-bond donors (Lipinski definition) is 0. The lowest BCUT2D eigenvalue weighted by molar-refractivity contribution is 0.415. The van der Waals surface area contributed by atoms with Gasteiger partial charge in [-0.05, 0) is 18.1 Å². The molecule has 0 spiro atoms. The molecule has 21 heavy (non-hydrogen) atoms. The van der Waals surface area contributed by atoms with Crippen molar-refractivity contribution >= 4 is 10.9 Å². The quantitative estimate of drug-likeness (QED) is 0.711. The maximum absolute atomic E-state index is 5.31. The van der Waals surface area contributed by atoms with Gasteiger partial charge in [-0.3, -0.25) is 0 Å². The third-order valence-corrected chi connectivity index (χ3v) is 3.51. The van der Waals surface area contributed by atoms with Crippen LogP contribution in [0.4, 0.5) is 0 Å². The van der Waals surface area contributed by atoms with E-state index >= 15 is 0 Å². The first-order valence-electron chi connectivity index (χ1n) is 7.10. The van der Waals surface area contributed by atoms with E-state index in [9.17, 15) is 0 Å². The smallest absolute Gasteiger partial charge is 0.160 e.